The fraction of sp³-hybridized carbons (Fsp3) is 0.423. The Hall–Kier alpha value is -3.23. The van der Waals surface area contributed by atoms with E-state index < -0.39 is 22.0 Å². The number of fused-ring (bicyclic) bond motifs is 1. The molecule has 1 aliphatic rings. The summed E-state index contributed by atoms with van der Waals surface area (Å²) in [6.45, 7) is 1.04. The number of benzene rings is 1. The Labute approximate surface area is 233 Å². The molecule has 0 unspecified atom stereocenters. The average Bonchev–Trinajstić information content (AvgIpc) is 3.62. The molecule has 1 saturated carbocycles. The zero-order valence-electron chi connectivity index (χ0n) is 21.9. The highest BCUT2D eigenvalue weighted by atomic mass is 32.2. The number of nitrogens with one attached hydrogen (secondary N) is 2. The van der Waals surface area contributed by atoms with Gasteiger partial charge >= 0.3 is 6.18 Å². The molecule has 9 nitrogen and oxygen atoms in total. The minimum atomic E-state index is -4.66. The lowest BCUT2D eigenvalue weighted by molar-refractivity contribution is -0.155. The maximum Gasteiger partial charge on any atom is 0.452 e. The van der Waals surface area contributed by atoms with Crippen LogP contribution in [0.1, 0.15) is 31.4 Å². The third-order valence-corrected chi connectivity index (χ3v) is 10.00. The van der Waals surface area contributed by atoms with Crippen molar-refractivity contribution in [3.05, 3.63) is 48.2 Å². The third-order valence-electron chi connectivity index (χ3n) is 6.97. The first kappa shape index (κ1) is 28.3. The molecule has 1 fully saturated rings. The quantitative estimate of drug-likeness (QED) is 0.257. The molecule has 14 heteroatoms. The number of halogens is 3. The van der Waals surface area contributed by atoms with E-state index in [1.165, 1.54) is 12.1 Å². The molecule has 0 bridgehead atoms. The molecular formula is C26H29F3N6O3S2. The predicted octanol–water partition coefficient (Wildman–Crippen LogP) is 5.63. The SMILES string of the molecule is CN(C)c1nc(NCC2CCC(CNS(=O)(=O)c3ccc(-c4cc(C(F)(F)F)on4)s3)CC2)nc2ccccc12. The minimum absolute atomic E-state index is 0.0180. The lowest BCUT2D eigenvalue weighted by Crippen LogP contribution is -2.32. The van der Waals surface area contributed by atoms with E-state index >= 15 is 0 Å². The molecule has 1 aromatic carbocycles. The molecule has 5 rings (SSSR count). The van der Waals surface area contributed by atoms with Crippen molar-refractivity contribution in [1.82, 2.24) is 19.8 Å². The molecule has 4 aromatic rings. The molecule has 0 radical (unpaired) electrons. The summed E-state index contributed by atoms with van der Waals surface area (Å²) in [5.74, 6) is 0.844. The Morgan fingerprint density at radius 1 is 1.02 bits per heavy atom. The van der Waals surface area contributed by atoms with Crippen molar-refractivity contribution >= 4 is 44.0 Å². The van der Waals surface area contributed by atoms with Crippen LogP contribution in [-0.2, 0) is 16.2 Å². The molecule has 1 aliphatic carbocycles. The van der Waals surface area contributed by atoms with E-state index in [-0.39, 0.29) is 20.7 Å². The van der Waals surface area contributed by atoms with Gasteiger partial charge in [-0.15, -0.1) is 11.3 Å². The van der Waals surface area contributed by atoms with E-state index in [9.17, 15) is 21.6 Å². The van der Waals surface area contributed by atoms with Gasteiger partial charge < -0.3 is 14.7 Å². The second-order valence-corrected chi connectivity index (χ2v) is 13.2. The van der Waals surface area contributed by atoms with E-state index in [1.807, 2.05) is 43.3 Å². The number of rotatable bonds is 9. The summed E-state index contributed by atoms with van der Waals surface area (Å²) in [4.78, 5) is 11.6. The van der Waals surface area contributed by atoms with Crippen molar-refractivity contribution in [1.29, 1.82) is 0 Å². The first-order valence-electron chi connectivity index (χ1n) is 12.8. The van der Waals surface area contributed by atoms with Crippen LogP contribution in [0.15, 0.2) is 51.2 Å². The molecule has 0 saturated heterocycles. The molecular weight excluding hydrogens is 565 g/mol. The van der Waals surface area contributed by atoms with Crippen molar-refractivity contribution in [3.63, 3.8) is 0 Å². The van der Waals surface area contributed by atoms with E-state index in [1.54, 1.807) is 0 Å². The van der Waals surface area contributed by atoms with Crippen LogP contribution in [-0.4, -0.2) is 50.7 Å². The Morgan fingerprint density at radius 3 is 2.40 bits per heavy atom. The summed E-state index contributed by atoms with van der Waals surface area (Å²) in [5, 5.41) is 7.80. The molecule has 3 aromatic heterocycles. The maximum atomic E-state index is 12.8. The van der Waals surface area contributed by atoms with Gasteiger partial charge in [-0.25, -0.2) is 18.1 Å². The molecule has 3 heterocycles. The van der Waals surface area contributed by atoms with Gasteiger partial charge in [-0.05, 0) is 61.8 Å². The highest BCUT2D eigenvalue weighted by Crippen LogP contribution is 2.36. The first-order valence-corrected chi connectivity index (χ1v) is 15.1. The van der Waals surface area contributed by atoms with E-state index in [0.29, 0.717) is 18.4 Å². The second-order valence-electron chi connectivity index (χ2n) is 10.1. The van der Waals surface area contributed by atoms with Gasteiger partial charge in [-0.2, -0.15) is 18.2 Å². The van der Waals surface area contributed by atoms with E-state index in [4.69, 9.17) is 0 Å². The second kappa shape index (κ2) is 11.3. The lowest BCUT2D eigenvalue weighted by atomic mass is 9.82. The summed E-state index contributed by atoms with van der Waals surface area (Å²) < 4.78 is 71.0. The number of anilines is 2. The van der Waals surface area contributed by atoms with Crippen LogP contribution in [0.4, 0.5) is 24.9 Å². The number of aromatic nitrogens is 3. The van der Waals surface area contributed by atoms with Gasteiger partial charge in [0.1, 0.15) is 15.7 Å². The van der Waals surface area contributed by atoms with Gasteiger partial charge in [-0.1, -0.05) is 17.3 Å². The molecule has 0 amide bonds. The summed E-state index contributed by atoms with van der Waals surface area (Å²) in [6.07, 6.45) is -1.00. The zero-order chi connectivity index (χ0) is 28.5. The summed E-state index contributed by atoms with van der Waals surface area (Å²) in [6, 6.07) is 11.4. The Balaban J connectivity index is 1.12. The van der Waals surface area contributed by atoms with Crippen LogP contribution in [0.25, 0.3) is 21.5 Å². The van der Waals surface area contributed by atoms with Crippen molar-refractivity contribution in [2.45, 2.75) is 36.1 Å². The number of sulfonamides is 1. The highest BCUT2D eigenvalue weighted by Gasteiger charge is 2.36. The van der Waals surface area contributed by atoms with E-state index in [0.717, 1.165) is 66.4 Å². The monoisotopic (exact) mass is 594 g/mol. The van der Waals surface area contributed by atoms with Crippen molar-refractivity contribution in [2.75, 3.05) is 37.4 Å². The summed E-state index contributed by atoms with van der Waals surface area (Å²) in [5.41, 5.74) is 0.822. The fourth-order valence-corrected chi connectivity index (χ4v) is 7.20. The van der Waals surface area contributed by atoms with Crippen LogP contribution < -0.4 is 14.9 Å². The van der Waals surface area contributed by atoms with Gasteiger partial charge in [0, 0.05) is 38.6 Å². The summed E-state index contributed by atoms with van der Waals surface area (Å²) in [7, 11) is 0.105. The maximum absolute atomic E-state index is 12.8. The molecule has 214 valence electrons. The van der Waals surface area contributed by atoms with Gasteiger partial charge in [0.2, 0.25) is 21.7 Å². The number of hydrogen-bond donors (Lipinski definition) is 2. The van der Waals surface area contributed by atoms with Gasteiger partial charge in [0.05, 0.1) is 10.4 Å². The third kappa shape index (κ3) is 6.39. The number of nitrogens with zero attached hydrogens (tertiary/aromatic N) is 4. The lowest BCUT2D eigenvalue weighted by Gasteiger charge is -2.28. The van der Waals surface area contributed by atoms with Crippen LogP contribution in [0, 0.1) is 11.8 Å². The van der Waals surface area contributed by atoms with Crippen LogP contribution in [0.5, 0.6) is 0 Å². The topological polar surface area (TPSA) is 113 Å². The van der Waals surface area contributed by atoms with Crippen molar-refractivity contribution in [3.8, 4) is 10.6 Å². The van der Waals surface area contributed by atoms with Gasteiger partial charge in [0.25, 0.3) is 0 Å². The zero-order valence-corrected chi connectivity index (χ0v) is 23.5. The molecule has 0 spiro atoms. The normalized spacial score (nSPS) is 18.2. The van der Waals surface area contributed by atoms with E-state index in [2.05, 4.69) is 29.7 Å². The highest BCUT2D eigenvalue weighted by molar-refractivity contribution is 7.91. The van der Waals surface area contributed by atoms with Crippen LogP contribution >= 0.6 is 11.3 Å². The largest absolute Gasteiger partial charge is 0.452 e. The van der Waals surface area contributed by atoms with Crippen molar-refractivity contribution in [2.24, 2.45) is 11.8 Å². The Bertz CT molecular complexity index is 1580. The van der Waals surface area contributed by atoms with Crippen LogP contribution in [0.2, 0.25) is 0 Å². The number of thiophene rings is 1. The number of hydrogen-bond acceptors (Lipinski definition) is 9. The van der Waals surface area contributed by atoms with Gasteiger partial charge in [-0.3, -0.25) is 0 Å². The van der Waals surface area contributed by atoms with Crippen LogP contribution in [0.3, 0.4) is 0 Å². The number of para-hydroxylation sites is 1. The fourth-order valence-electron chi connectivity index (χ4n) is 4.78. The predicted molar refractivity (Wildman–Crippen MR) is 148 cm³/mol. The first-order chi connectivity index (χ1) is 19.0. The molecule has 0 atom stereocenters. The molecule has 0 aliphatic heterocycles. The molecule has 2 N–H and O–H groups in total. The minimum Gasteiger partial charge on any atom is -0.362 e. The standard InChI is InChI=1S/C26H29F3N6O3S2/c1-35(2)24-18-5-3-4-6-19(18)32-25(33-24)30-14-16-7-9-17(10-8-16)15-31-40(36,37)23-12-11-21(39-23)20-13-22(38-34-20)26(27,28)29/h3-6,11-13,16-17,31H,7-10,14-15H2,1-2H3,(H,30,32,33). The Morgan fingerprint density at radius 2 is 1.73 bits per heavy atom. The number of alkyl halides is 3. The summed E-state index contributed by atoms with van der Waals surface area (Å²) >= 11 is 0.848. The van der Waals surface area contributed by atoms with Crippen molar-refractivity contribution < 1.29 is 26.1 Å². The average molecular weight is 595 g/mol. The smallest absolute Gasteiger partial charge is 0.362 e. The molecule has 40 heavy (non-hydrogen) atoms. The van der Waals surface area contributed by atoms with Gasteiger partial charge in [0.15, 0.2) is 0 Å². The Kier molecular flexibility index (Phi) is 8.02.